The molecule has 5 heteroatoms. The zero-order valence-electron chi connectivity index (χ0n) is 9.38. The third kappa shape index (κ3) is 2.42. The molecule has 4 nitrogen and oxygen atoms in total. The highest BCUT2D eigenvalue weighted by Gasteiger charge is 2.42. The minimum atomic E-state index is -3.56. The largest absolute Gasteiger partial charge is 0.339 e. The average molecular weight is 241 g/mol. The number of hydrogen-bond acceptors (Lipinski definition) is 3. The molecule has 0 amide bonds. The molecule has 1 aromatic carbocycles. The predicted octanol–water partition coefficient (Wildman–Crippen LogP) is 1.54. The lowest BCUT2D eigenvalue weighted by Gasteiger charge is -2.13. The fourth-order valence-electron chi connectivity index (χ4n) is 1.79. The van der Waals surface area contributed by atoms with E-state index >= 15 is 0 Å². The van der Waals surface area contributed by atoms with Crippen LogP contribution in [0.15, 0.2) is 30.3 Å². The van der Waals surface area contributed by atoms with Gasteiger partial charge in [0, 0.05) is 13.1 Å². The molecule has 0 spiro atoms. The van der Waals surface area contributed by atoms with Crippen molar-refractivity contribution >= 4 is 10.3 Å². The summed E-state index contributed by atoms with van der Waals surface area (Å²) in [4.78, 5) is 0. The Morgan fingerprint density at radius 2 is 1.94 bits per heavy atom. The second-order valence-corrected chi connectivity index (χ2v) is 6.09. The van der Waals surface area contributed by atoms with E-state index in [0.29, 0.717) is 13.1 Å². The van der Waals surface area contributed by atoms with E-state index in [4.69, 9.17) is 4.18 Å². The summed E-state index contributed by atoms with van der Waals surface area (Å²) in [5, 5.41) is 0. The first-order valence-corrected chi connectivity index (χ1v) is 6.50. The quantitative estimate of drug-likeness (QED) is 0.789. The molecule has 0 unspecified atom stereocenters. The Kier molecular flexibility index (Phi) is 2.77. The van der Waals surface area contributed by atoms with Gasteiger partial charge in [-0.2, -0.15) is 12.7 Å². The van der Waals surface area contributed by atoms with Crippen molar-refractivity contribution in [1.82, 2.24) is 4.31 Å². The predicted molar refractivity (Wildman–Crippen MR) is 60.9 cm³/mol. The summed E-state index contributed by atoms with van der Waals surface area (Å²) in [7, 11) is -3.56. The molecule has 1 aromatic rings. The van der Waals surface area contributed by atoms with Gasteiger partial charge in [0.1, 0.15) is 0 Å². The standard InChI is InChI=1S/C11H15NO3S/c1-11(2)9-12(16(13,14)15-11)8-10-6-4-3-5-7-10/h3-7H,8-9H2,1-2H3. The van der Waals surface area contributed by atoms with Crippen LogP contribution in [0, 0.1) is 0 Å². The molecule has 1 saturated heterocycles. The lowest BCUT2D eigenvalue weighted by molar-refractivity contribution is 0.148. The molecular weight excluding hydrogens is 226 g/mol. The lowest BCUT2D eigenvalue weighted by Crippen LogP contribution is -2.28. The molecule has 0 bridgehead atoms. The maximum atomic E-state index is 11.7. The Morgan fingerprint density at radius 3 is 2.44 bits per heavy atom. The van der Waals surface area contributed by atoms with Crippen molar-refractivity contribution in [3.05, 3.63) is 35.9 Å². The Morgan fingerprint density at radius 1 is 1.31 bits per heavy atom. The molecule has 0 aliphatic carbocycles. The van der Waals surface area contributed by atoms with Crippen LogP contribution in [-0.4, -0.2) is 24.9 Å². The number of nitrogens with zero attached hydrogens (tertiary/aromatic N) is 1. The van der Waals surface area contributed by atoms with E-state index in [2.05, 4.69) is 0 Å². The summed E-state index contributed by atoms with van der Waals surface area (Å²) < 4.78 is 29.8. The average Bonchev–Trinajstić information content (AvgIpc) is 2.36. The van der Waals surface area contributed by atoms with Crippen LogP contribution < -0.4 is 0 Å². The fourth-order valence-corrected chi connectivity index (χ4v) is 3.29. The van der Waals surface area contributed by atoms with E-state index in [9.17, 15) is 8.42 Å². The molecule has 0 aromatic heterocycles. The number of rotatable bonds is 2. The molecular formula is C11H15NO3S. The van der Waals surface area contributed by atoms with Crippen molar-refractivity contribution in [2.45, 2.75) is 26.0 Å². The van der Waals surface area contributed by atoms with Crippen molar-refractivity contribution < 1.29 is 12.6 Å². The van der Waals surface area contributed by atoms with E-state index in [1.54, 1.807) is 13.8 Å². The van der Waals surface area contributed by atoms with E-state index in [1.807, 2.05) is 30.3 Å². The van der Waals surface area contributed by atoms with Gasteiger partial charge in [0.05, 0.1) is 5.60 Å². The highest BCUT2D eigenvalue weighted by molar-refractivity contribution is 7.84. The van der Waals surface area contributed by atoms with Crippen LogP contribution in [-0.2, 0) is 21.0 Å². The van der Waals surface area contributed by atoms with Crippen molar-refractivity contribution in [3.63, 3.8) is 0 Å². The number of hydrogen-bond donors (Lipinski definition) is 0. The third-order valence-electron chi connectivity index (χ3n) is 2.41. The van der Waals surface area contributed by atoms with E-state index in [0.717, 1.165) is 5.56 Å². The van der Waals surface area contributed by atoms with Crippen LogP contribution in [0.3, 0.4) is 0 Å². The summed E-state index contributed by atoms with van der Waals surface area (Å²) >= 11 is 0. The van der Waals surface area contributed by atoms with Gasteiger partial charge < -0.3 is 0 Å². The summed E-state index contributed by atoms with van der Waals surface area (Å²) in [5.74, 6) is 0. The zero-order valence-corrected chi connectivity index (χ0v) is 10.2. The minimum Gasteiger partial charge on any atom is -0.250 e. The molecule has 0 saturated carbocycles. The van der Waals surface area contributed by atoms with Crippen molar-refractivity contribution in [2.24, 2.45) is 0 Å². The minimum absolute atomic E-state index is 0.368. The fraction of sp³-hybridized carbons (Fsp3) is 0.455. The molecule has 1 aliphatic rings. The van der Waals surface area contributed by atoms with Gasteiger partial charge in [-0.1, -0.05) is 30.3 Å². The van der Waals surface area contributed by atoms with Gasteiger partial charge >= 0.3 is 10.3 Å². The molecule has 0 radical (unpaired) electrons. The molecule has 16 heavy (non-hydrogen) atoms. The molecule has 88 valence electrons. The van der Waals surface area contributed by atoms with Gasteiger partial charge in [0.25, 0.3) is 0 Å². The molecule has 1 fully saturated rings. The molecule has 1 aliphatic heterocycles. The SMILES string of the molecule is CC1(C)CN(Cc2ccccc2)S(=O)(=O)O1. The van der Waals surface area contributed by atoms with E-state index in [-0.39, 0.29) is 0 Å². The first-order valence-electron chi connectivity index (χ1n) is 5.14. The molecule has 1 heterocycles. The van der Waals surface area contributed by atoms with Crippen LogP contribution in [0.1, 0.15) is 19.4 Å². The van der Waals surface area contributed by atoms with Gasteiger partial charge in [-0.3, -0.25) is 4.18 Å². The summed E-state index contributed by atoms with van der Waals surface area (Å²) in [6.07, 6.45) is 0. The second kappa shape index (κ2) is 3.84. The monoisotopic (exact) mass is 241 g/mol. The maximum Gasteiger partial charge on any atom is 0.339 e. The Bertz CT molecular complexity index is 467. The van der Waals surface area contributed by atoms with Gasteiger partial charge in [-0.25, -0.2) is 0 Å². The van der Waals surface area contributed by atoms with Crippen LogP contribution in [0.4, 0.5) is 0 Å². The Balaban J connectivity index is 2.18. The van der Waals surface area contributed by atoms with E-state index in [1.165, 1.54) is 4.31 Å². The van der Waals surface area contributed by atoms with Gasteiger partial charge in [-0.05, 0) is 19.4 Å². The molecule has 0 atom stereocenters. The first kappa shape index (κ1) is 11.6. The van der Waals surface area contributed by atoms with Crippen molar-refractivity contribution in [1.29, 1.82) is 0 Å². The normalized spacial score (nSPS) is 23.4. The lowest BCUT2D eigenvalue weighted by atomic mass is 10.1. The van der Waals surface area contributed by atoms with Crippen LogP contribution >= 0.6 is 0 Å². The van der Waals surface area contributed by atoms with Crippen LogP contribution in [0.25, 0.3) is 0 Å². The third-order valence-corrected chi connectivity index (χ3v) is 3.96. The van der Waals surface area contributed by atoms with Gasteiger partial charge in [-0.15, -0.1) is 0 Å². The maximum absolute atomic E-state index is 11.7. The summed E-state index contributed by atoms with van der Waals surface area (Å²) in [6.45, 7) is 4.31. The zero-order chi connectivity index (χ0) is 11.8. The van der Waals surface area contributed by atoms with Gasteiger partial charge in [0.15, 0.2) is 0 Å². The second-order valence-electron chi connectivity index (χ2n) is 4.55. The topological polar surface area (TPSA) is 46.6 Å². The molecule has 2 rings (SSSR count). The summed E-state index contributed by atoms with van der Waals surface area (Å²) in [6, 6.07) is 9.50. The highest BCUT2D eigenvalue weighted by atomic mass is 32.2. The number of benzene rings is 1. The Hall–Kier alpha value is -0.910. The van der Waals surface area contributed by atoms with Crippen molar-refractivity contribution in [3.8, 4) is 0 Å². The van der Waals surface area contributed by atoms with Crippen LogP contribution in [0.5, 0.6) is 0 Å². The smallest absolute Gasteiger partial charge is 0.250 e. The first-order chi connectivity index (χ1) is 7.39. The Labute approximate surface area is 96.1 Å². The highest BCUT2D eigenvalue weighted by Crippen LogP contribution is 2.27. The van der Waals surface area contributed by atoms with Gasteiger partial charge in [0.2, 0.25) is 0 Å². The van der Waals surface area contributed by atoms with Crippen LogP contribution in [0.2, 0.25) is 0 Å². The van der Waals surface area contributed by atoms with Crippen molar-refractivity contribution in [2.75, 3.05) is 6.54 Å². The summed E-state index contributed by atoms with van der Waals surface area (Å²) in [5.41, 5.74) is 0.334. The van der Waals surface area contributed by atoms with E-state index < -0.39 is 15.9 Å². The molecule has 0 N–H and O–H groups in total.